The number of rotatable bonds is 8. The number of hydrogen-bond donors (Lipinski definition) is 2. The lowest BCUT2D eigenvalue weighted by molar-refractivity contribution is -0.111. The number of piperidine rings is 1. The van der Waals surface area contributed by atoms with Crippen molar-refractivity contribution < 1.29 is 14.3 Å². The molecule has 1 amide bonds. The van der Waals surface area contributed by atoms with Gasteiger partial charge in [-0.25, -0.2) is 0 Å². The van der Waals surface area contributed by atoms with Gasteiger partial charge in [-0.1, -0.05) is 18.2 Å². The van der Waals surface area contributed by atoms with Gasteiger partial charge >= 0.3 is 0 Å². The number of amides is 1. The molecule has 1 heterocycles. The highest BCUT2D eigenvalue weighted by Gasteiger charge is 2.17. The van der Waals surface area contributed by atoms with Crippen LogP contribution in [0.3, 0.4) is 0 Å². The summed E-state index contributed by atoms with van der Waals surface area (Å²) >= 11 is 0. The van der Waals surface area contributed by atoms with Crippen molar-refractivity contribution in [1.82, 2.24) is 4.90 Å². The van der Waals surface area contributed by atoms with Crippen molar-refractivity contribution in [3.63, 3.8) is 0 Å². The molecule has 160 valence electrons. The van der Waals surface area contributed by atoms with Crippen LogP contribution >= 0.6 is 0 Å². The van der Waals surface area contributed by atoms with Gasteiger partial charge in [-0.15, -0.1) is 0 Å². The van der Waals surface area contributed by atoms with Gasteiger partial charge in [0.15, 0.2) is 11.5 Å². The number of hydrogen-bond acceptors (Lipinski definition) is 5. The number of ether oxygens (including phenoxy) is 2. The third-order valence-electron chi connectivity index (χ3n) is 5.18. The Labute approximate surface area is 178 Å². The standard InChI is InChI=1S/C24H31N3O3/c1-4-30-22-11-9-18(17-23(22)29-3)10-12-24(28)26-21-8-6-5-7-20(21)25-19-13-15-27(2)16-14-19/h5-12,17,19,25H,4,13-16H2,1-3H3,(H,26,28). The second-order valence-electron chi connectivity index (χ2n) is 7.43. The number of carbonyl (C=O) groups is 1. The zero-order valence-electron chi connectivity index (χ0n) is 18.0. The average Bonchev–Trinajstić information content (AvgIpc) is 2.76. The number of nitrogens with zero attached hydrogens (tertiary/aromatic N) is 1. The molecule has 0 unspecified atom stereocenters. The molecule has 2 aromatic carbocycles. The monoisotopic (exact) mass is 409 g/mol. The first kappa shape index (κ1) is 21.7. The molecule has 1 aliphatic rings. The van der Waals surface area contributed by atoms with Gasteiger partial charge < -0.3 is 25.0 Å². The summed E-state index contributed by atoms with van der Waals surface area (Å²) in [4.78, 5) is 14.8. The molecule has 30 heavy (non-hydrogen) atoms. The molecular formula is C24H31N3O3. The summed E-state index contributed by atoms with van der Waals surface area (Å²) in [5.41, 5.74) is 2.61. The maximum atomic E-state index is 12.5. The zero-order chi connectivity index (χ0) is 21.3. The predicted molar refractivity (Wildman–Crippen MR) is 122 cm³/mol. The zero-order valence-corrected chi connectivity index (χ0v) is 18.0. The molecule has 1 saturated heterocycles. The first-order valence-electron chi connectivity index (χ1n) is 10.4. The van der Waals surface area contributed by atoms with E-state index in [4.69, 9.17) is 9.47 Å². The highest BCUT2D eigenvalue weighted by atomic mass is 16.5. The third kappa shape index (κ3) is 6.00. The van der Waals surface area contributed by atoms with Gasteiger partial charge in [-0.2, -0.15) is 0 Å². The van der Waals surface area contributed by atoms with E-state index in [0.717, 1.165) is 42.9 Å². The quantitative estimate of drug-likeness (QED) is 0.638. The first-order chi connectivity index (χ1) is 14.6. The van der Waals surface area contributed by atoms with Crippen LogP contribution in [0.2, 0.25) is 0 Å². The number of nitrogens with one attached hydrogen (secondary N) is 2. The summed E-state index contributed by atoms with van der Waals surface area (Å²) in [6, 6.07) is 13.9. The van der Waals surface area contributed by atoms with Crippen LogP contribution in [0.25, 0.3) is 6.08 Å². The Morgan fingerprint density at radius 2 is 1.87 bits per heavy atom. The number of methoxy groups -OCH3 is 1. The van der Waals surface area contributed by atoms with E-state index in [1.165, 1.54) is 6.08 Å². The Kier molecular flexibility index (Phi) is 7.74. The molecule has 0 atom stereocenters. The number of benzene rings is 2. The van der Waals surface area contributed by atoms with Crippen LogP contribution in [0.15, 0.2) is 48.5 Å². The highest BCUT2D eigenvalue weighted by Crippen LogP contribution is 2.29. The van der Waals surface area contributed by atoms with Gasteiger partial charge in [0.2, 0.25) is 5.91 Å². The average molecular weight is 410 g/mol. The second-order valence-corrected chi connectivity index (χ2v) is 7.43. The van der Waals surface area contributed by atoms with E-state index >= 15 is 0 Å². The van der Waals surface area contributed by atoms with Crippen molar-refractivity contribution in [3.05, 3.63) is 54.1 Å². The molecule has 0 spiro atoms. The van der Waals surface area contributed by atoms with E-state index in [2.05, 4.69) is 22.6 Å². The smallest absolute Gasteiger partial charge is 0.248 e. The number of para-hydroxylation sites is 2. The van der Waals surface area contributed by atoms with Crippen molar-refractivity contribution in [2.24, 2.45) is 0 Å². The predicted octanol–water partition coefficient (Wildman–Crippen LogP) is 4.25. The van der Waals surface area contributed by atoms with E-state index in [1.807, 2.05) is 49.4 Å². The van der Waals surface area contributed by atoms with Crippen LogP contribution in [-0.4, -0.2) is 50.7 Å². The maximum absolute atomic E-state index is 12.5. The SMILES string of the molecule is CCOc1ccc(C=CC(=O)Nc2ccccc2NC2CCN(C)CC2)cc1OC. The fourth-order valence-electron chi connectivity index (χ4n) is 3.50. The molecule has 3 rings (SSSR count). The minimum atomic E-state index is -0.180. The van der Waals surface area contributed by atoms with Crippen LogP contribution in [0.1, 0.15) is 25.3 Å². The molecule has 0 radical (unpaired) electrons. The van der Waals surface area contributed by atoms with Crippen molar-refractivity contribution >= 4 is 23.4 Å². The van der Waals surface area contributed by atoms with Crippen molar-refractivity contribution in [1.29, 1.82) is 0 Å². The topological polar surface area (TPSA) is 62.8 Å². The number of likely N-dealkylation sites (tertiary alicyclic amines) is 1. The highest BCUT2D eigenvalue weighted by molar-refractivity contribution is 6.03. The minimum absolute atomic E-state index is 0.180. The molecule has 6 heteroatoms. The lowest BCUT2D eigenvalue weighted by atomic mass is 10.0. The van der Waals surface area contributed by atoms with Crippen molar-refractivity contribution in [2.45, 2.75) is 25.8 Å². The number of anilines is 2. The summed E-state index contributed by atoms with van der Waals surface area (Å²) in [5, 5.41) is 6.57. The summed E-state index contributed by atoms with van der Waals surface area (Å²) in [5.74, 6) is 1.16. The van der Waals surface area contributed by atoms with Gasteiger partial charge in [-0.3, -0.25) is 4.79 Å². The Morgan fingerprint density at radius 1 is 1.13 bits per heavy atom. The molecule has 2 aromatic rings. The molecule has 1 fully saturated rings. The van der Waals surface area contributed by atoms with E-state index in [1.54, 1.807) is 13.2 Å². The van der Waals surface area contributed by atoms with Crippen LogP contribution in [-0.2, 0) is 4.79 Å². The third-order valence-corrected chi connectivity index (χ3v) is 5.18. The fraction of sp³-hybridized carbons (Fsp3) is 0.375. The van der Waals surface area contributed by atoms with Crippen molar-refractivity contribution in [3.8, 4) is 11.5 Å². The molecule has 2 N–H and O–H groups in total. The minimum Gasteiger partial charge on any atom is -0.493 e. The van der Waals surface area contributed by atoms with Crippen molar-refractivity contribution in [2.75, 3.05) is 44.5 Å². The van der Waals surface area contributed by atoms with Gasteiger partial charge in [-0.05, 0) is 75.8 Å². The Hall–Kier alpha value is -2.99. The Bertz CT molecular complexity index is 874. The van der Waals surface area contributed by atoms with Gasteiger partial charge in [0.1, 0.15) is 0 Å². The molecule has 6 nitrogen and oxygen atoms in total. The summed E-state index contributed by atoms with van der Waals surface area (Å²) in [6.07, 6.45) is 5.48. The molecule has 0 aromatic heterocycles. The normalized spacial score (nSPS) is 15.2. The van der Waals surface area contributed by atoms with E-state index in [-0.39, 0.29) is 5.91 Å². The van der Waals surface area contributed by atoms with Crippen LogP contribution < -0.4 is 20.1 Å². The van der Waals surface area contributed by atoms with E-state index in [9.17, 15) is 4.79 Å². The molecule has 0 aliphatic carbocycles. The first-order valence-corrected chi connectivity index (χ1v) is 10.4. The largest absolute Gasteiger partial charge is 0.493 e. The fourth-order valence-corrected chi connectivity index (χ4v) is 3.50. The maximum Gasteiger partial charge on any atom is 0.248 e. The van der Waals surface area contributed by atoms with Gasteiger partial charge in [0.05, 0.1) is 25.1 Å². The Morgan fingerprint density at radius 3 is 2.57 bits per heavy atom. The summed E-state index contributed by atoms with van der Waals surface area (Å²) < 4.78 is 10.9. The second kappa shape index (κ2) is 10.7. The summed E-state index contributed by atoms with van der Waals surface area (Å²) in [7, 11) is 3.75. The van der Waals surface area contributed by atoms with Crippen LogP contribution in [0.4, 0.5) is 11.4 Å². The molecule has 0 saturated carbocycles. The van der Waals surface area contributed by atoms with E-state index in [0.29, 0.717) is 24.1 Å². The van der Waals surface area contributed by atoms with E-state index < -0.39 is 0 Å². The Balaban J connectivity index is 1.63. The summed E-state index contributed by atoms with van der Waals surface area (Å²) in [6.45, 7) is 4.66. The lowest BCUT2D eigenvalue weighted by Crippen LogP contribution is -2.36. The number of carbonyl (C=O) groups excluding carboxylic acids is 1. The molecule has 0 bridgehead atoms. The van der Waals surface area contributed by atoms with Crippen LogP contribution in [0, 0.1) is 0 Å². The van der Waals surface area contributed by atoms with Gasteiger partial charge in [0, 0.05) is 12.1 Å². The van der Waals surface area contributed by atoms with Crippen LogP contribution in [0.5, 0.6) is 11.5 Å². The molecular weight excluding hydrogens is 378 g/mol. The van der Waals surface area contributed by atoms with Gasteiger partial charge in [0.25, 0.3) is 0 Å². The lowest BCUT2D eigenvalue weighted by Gasteiger charge is -2.30. The molecule has 1 aliphatic heterocycles.